The van der Waals surface area contributed by atoms with Crippen LogP contribution < -0.4 is 4.72 Å². The third-order valence-corrected chi connectivity index (χ3v) is 5.41. The predicted molar refractivity (Wildman–Crippen MR) is 85.0 cm³/mol. The molecule has 0 aliphatic rings. The molecule has 0 fully saturated rings. The van der Waals surface area contributed by atoms with Crippen LogP contribution >= 0.6 is 0 Å². The first kappa shape index (κ1) is 17.2. The number of sulfonamides is 1. The highest BCUT2D eigenvalue weighted by molar-refractivity contribution is 7.90. The van der Waals surface area contributed by atoms with Crippen molar-refractivity contribution in [2.24, 2.45) is 0 Å². The summed E-state index contributed by atoms with van der Waals surface area (Å²) in [5, 5.41) is -0.312. The largest absolute Gasteiger partial charge is 0.214 e. The van der Waals surface area contributed by atoms with Crippen LogP contribution in [-0.2, 0) is 16.6 Å². The normalized spacial score (nSPS) is 13.3. The number of nitrogens with one attached hydrogen (secondary N) is 1. The molecule has 3 nitrogen and oxygen atoms in total. The number of hydrogen-bond acceptors (Lipinski definition) is 2. The van der Waals surface area contributed by atoms with E-state index in [0.717, 1.165) is 24.8 Å². The van der Waals surface area contributed by atoms with Crippen LogP contribution in [0.5, 0.6) is 0 Å². The molecule has 0 aliphatic carbocycles. The number of hydrogen-bond donors (Lipinski definition) is 1. The van der Waals surface area contributed by atoms with E-state index in [1.54, 1.807) is 6.92 Å². The summed E-state index contributed by atoms with van der Waals surface area (Å²) < 4.78 is 26.9. The molecule has 0 bridgehead atoms. The molecule has 0 spiro atoms. The van der Waals surface area contributed by atoms with Gasteiger partial charge in [0, 0.05) is 6.54 Å². The van der Waals surface area contributed by atoms with Gasteiger partial charge in [-0.15, -0.1) is 0 Å². The quantitative estimate of drug-likeness (QED) is 0.667. The zero-order valence-corrected chi connectivity index (χ0v) is 13.5. The summed E-state index contributed by atoms with van der Waals surface area (Å²) in [5.41, 5.74) is 0.992. The maximum absolute atomic E-state index is 12.1. The second-order valence-corrected chi connectivity index (χ2v) is 7.55. The van der Waals surface area contributed by atoms with Gasteiger partial charge >= 0.3 is 0 Å². The minimum absolute atomic E-state index is 0.312. The zero-order valence-electron chi connectivity index (χ0n) is 12.6. The summed E-state index contributed by atoms with van der Waals surface area (Å²) in [5.74, 6) is 0. The molecule has 20 heavy (non-hydrogen) atoms. The Morgan fingerprint density at radius 3 is 2.35 bits per heavy atom. The second-order valence-electron chi connectivity index (χ2n) is 5.37. The first-order valence-electron chi connectivity index (χ1n) is 7.58. The Balaban J connectivity index is 2.32. The molecule has 0 heterocycles. The van der Waals surface area contributed by atoms with Crippen LogP contribution in [0.4, 0.5) is 0 Å². The molecule has 0 radical (unpaired) electrons. The summed E-state index contributed by atoms with van der Waals surface area (Å²) in [4.78, 5) is 0. The third-order valence-electron chi connectivity index (χ3n) is 3.56. The van der Waals surface area contributed by atoms with Crippen molar-refractivity contribution in [3.8, 4) is 0 Å². The van der Waals surface area contributed by atoms with Gasteiger partial charge in [-0.1, -0.05) is 69.4 Å². The van der Waals surface area contributed by atoms with Crippen molar-refractivity contribution in [2.45, 2.75) is 64.2 Å². The SMILES string of the molecule is CCCCCCCC(C)S(=O)(=O)NCc1ccccc1. The fraction of sp³-hybridized carbons (Fsp3) is 0.625. The average Bonchev–Trinajstić information content (AvgIpc) is 2.46. The lowest BCUT2D eigenvalue weighted by molar-refractivity contribution is 0.547. The molecule has 0 aliphatic heterocycles. The maximum atomic E-state index is 12.1. The van der Waals surface area contributed by atoms with E-state index >= 15 is 0 Å². The molecular formula is C16H27NO2S. The Morgan fingerprint density at radius 1 is 1.05 bits per heavy atom. The van der Waals surface area contributed by atoms with Gasteiger partial charge in [0.15, 0.2) is 0 Å². The van der Waals surface area contributed by atoms with Crippen molar-refractivity contribution >= 4 is 10.0 Å². The zero-order chi connectivity index (χ0) is 14.8. The summed E-state index contributed by atoms with van der Waals surface area (Å²) in [6, 6.07) is 9.62. The summed E-state index contributed by atoms with van der Waals surface area (Å²) in [7, 11) is -3.20. The first-order valence-corrected chi connectivity index (χ1v) is 9.13. The van der Waals surface area contributed by atoms with E-state index in [0.29, 0.717) is 6.54 Å². The maximum Gasteiger partial charge on any atom is 0.214 e. The topological polar surface area (TPSA) is 46.2 Å². The second kappa shape index (κ2) is 9.14. The van der Waals surface area contributed by atoms with E-state index in [2.05, 4.69) is 11.6 Å². The van der Waals surface area contributed by atoms with Crippen LogP contribution in [0, 0.1) is 0 Å². The summed E-state index contributed by atoms with van der Waals surface area (Å²) >= 11 is 0. The van der Waals surface area contributed by atoms with E-state index in [-0.39, 0.29) is 5.25 Å². The molecule has 1 rings (SSSR count). The van der Waals surface area contributed by atoms with Gasteiger partial charge in [0.2, 0.25) is 10.0 Å². The smallest absolute Gasteiger partial charge is 0.212 e. The lowest BCUT2D eigenvalue weighted by Gasteiger charge is -2.14. The van der Waals surface area contributed by atoms with Crippen LogP contribution in [0.3, 0.4) is 0 Å². The van der Waals surface area contributed by atoms with Gasteiger partial charge in [0.1, 0.15) is 0 Å². The molecule has 114 valence electrons. The van der Waals surface area contributed by atoms with Crippen LogP contribution in [-0.4, -0.2) is 13.7 Å². The van der Waals surface area contributed by atoms with Crippen LogP contribution in [0.15, 0.2) is 30.3 Å². The van der Waals surface area contributed by atoms with Gasteiger partial charge in [-0.2, -0.15) is 0 Å². The van der Waals surface area contributed by atoms with Crippen LogP contribution in [0.25, 0.3) is 0 Å². The van der Waals surface area contributed by atoms with E-state index in [4.69, 9.17) is 0 Å². The molecule has 0 saturated carbocycles. The van der Waals surface area contributed by atoms with Crippen molar-refractivity contribution in [2.75, 3.05) is 0 Å². The molecule has 1 aromatic carbocycles. The number of rotatable bonds is 10. The molecule has 0 amide bonds. The number of benzene rings is 1. The Morgan fingerprint density at radius 2 is 1.70 bits per heavy atom. The first-order chi connectivity index (χ1) is 9.56. The average molecular weight is 297 g/mol. The van der Waals surface area contributed by atoms with Gasteiger partial charge in [-0.3, -0.25) is 0 Å². The van der Waals surface area contributed by atoms with Crippen molar-refractivity contribution in [3.63, 3.8) is 0 Å². The van der Waals surface area contributed by atoms with Gasteiger partial charge < -0.3 is 0 Å². The molecule has 1 atom stereocenters. The molecule has 1 aromatic rings. The molecule has 4 heteroatoms. The van der Waals surface area contributed by atoms with Gasteiger partial charge in [-0.05, 0) is 18.9 Å². The minimum atomic E-state index is -3.20. The van der Waals surface area contributed by atoms with Gasteiger partial charge in [0.05, 0.1) is 5.25 Å². The van der Waals surface area contributed by atoms with E-state index in [1.165, 1.54) is 19.3 Å². The molecule has 0 saturated heterocycles. The molecular weight excluding hydrogens is 270 g/mol. The summed E-state index contributed by atoms with van der Waals surface area (Å²) in [6.45, 7) is 4.36. The highest BCUT2D eigenvalue weighted by atomic mass is 32.2. The Labute approximate surface area is 123 Å². The van der Waals surface area contributed by atoms with Crippen molar-refractivity contribution in [3.05, 3.63) is 35.9 Å². The van der Waals surface area contributed by atoms with Crippen LogP contribution in [0.1, 0.15) is 57.9 Å². The molecule has 1 unspecified atom stereocenters. The Kier molecular flexibility index (Phi) is 7.85. The highest BCUT2D eigenvalue weighted by Crippen LogP contribution is 2.12. The van der Waals surface area contributed by atoms with Crippen molar-refractivity contribution in [1.82, 2.24) is 4.72 Å². The fourth-order valence-corrected chi connectivity index (χ4v) is 3.24. The van der Waals surface area contributed by atoms with Crippen molar-refractivity contribution in [1.29, 1.82) is 0 Å². The fourth-order valence-electron chi connectivity index (χ4n) is 2.11. The van der Waals surface area contributed by atoms with Gasteiger partial charge in [0.25, 0.3) is 0 Å². The lowest BCUT2D eigenvalue weighted by atomic mass is 10.1. The van der Waals surface area contributed by atoms with Crippen LogP contribution in [0.2, 0.25) is 0 Å². The Hall–Kier alpha value is -0.870. The minimum Gasteiger partial charge on any atom is -0.212 e. The highest BCUT2D eigenvalue weighted by Gasteiger charge is 2.19. The molecule has 0 aromatic heterocycles. The number of unbranched alkanes of at least 4 members (excludes halogenated alkanes) is 4. The van der Waals surface area contributed by atoms with Gasteiger partial charge in [-0.25, -0.2) is 13.1 Å². The van der Waals surface area contributed by atoms with E-state index in [1.807, 2.05) is 30.3 Å². The summed E-state index contributed by atoms with van der Waals surface area (Å²) in [6.07, 6.45) is 6.54. The van der Waals surface area contributed by atoms with E-state index in [9.17, 15) is 8.42 Å². The third kappa shape index (κ3) is 6.53. The predicted octanol–water partition coefficient (Wildman–Crippen LogP) is 3.86. The standard InChI is InChI=1S/C16H27NO2S/c1-3-4-5-6-8-11-15(2)20(18,19)17-14-16-12-9-7-10-13-16/h7,9-10,12-13,15,17H,3-6,8,11,14H2,1-2H3. The lowest BCUT2D eigenvalue weighted by Crippen LogP contribution is -2.32. The monoisotopic (exact) mass is 297 g/mol. The Bertz CT molecular complexity index is 457. The van der Waals surface area contributed by atoms with E-state index < -0.39 is 10.0 Å². The molecule has 1 N–H and O–H groups in total. The van der Waals surface area contributed by atoms with Crippen molar-refractivity contribution < 1.29 is 8.42 Å².